The van der Waals surface area contributed by atoms with Gasteiger partial charge in [0, 0.05) is 0 Å². The van der Waals surface area contributed by atoms with E-state index in [1.807, 2.05) is 36.4 Å². The molecule has 1 nitrogen and oxygen atoms in total. The summed E-state index contributed by atoms with van der Waals surface area (Å²) in [5.41, 5.74) is 3.51. The first-order chi connectivity index (χ1) is 7.92. The second-order valence-corrected chi connectivity index (χ2v) is 3.54. The van der Waals surface area contributed by atoms with Crippen molar-refractivity contribution in [2.24, 2.45) is 0 Å². The van der Waals surface area contributed by atoms with Crippen LogP contribution in [0.15, 0.2) is 60.7 Å². The number of aliphatic hydroxyl groups is 1. The lowest BCUT2D eigenvalue weighted by Crippen LogP contribution is -1.82. The second-order valence-electron chi connectivity index (χ2n) is 3.54. The monoisotopic (exact) mass is 210 g/mol. The highest BCUT2D eigenvalue weighted by molar-refractivity contribution is 5.75. The molecular formula is C15H14O. The molecule has 0 spiro atoms. The standard InChI is InChI=1S/C15H14O/c16-12-6-10-14-9-4-5-11-15(14)13-7-2-1-3-8-13/h1-11,16H,12H2. The van der Waals surface area contributed by atoms with E-state index < -0.39 is 0 Å². The molecule has 0 heterocycles. The lowest BCUT2D eigenvalue weighted by molar-refractivity contribution is 0.343. The van der Waals surface area contributed by atoms with Crippen molar-refractivity contribution < 1.29 is 5.11 Å². The fourth-order valence-corrected chi connectivity index (χ4v) is 1.70. The van der Waals surface area contributed by atoms with Crippen LogP contribution in [0.2, 0.25) is 0 Å². The van der Waals surface area contributed by atoms with Gasteiger partial charge in [-0.25, -0.2) is 0 Å². The Morgan fingerprint density at radius 1 is 0.875 bits per heavy atom. The van der Waals surface area contributed by atoms with Gasteiger partial charge in [-0.1, -0.05) is 66.7 Å². The van der Waals surface area contributed by atoms with Crippen molar-refractivity contribution in [3.8, 4) is 11.1 Å². The third-order valence-electron chi connectivity index (χ3n) is 2.45. The quantitative estimate of drug-likeness (QED) is 0.823. The Kier molecular flexibility index (Phi) is 3.52. The van der Waals surface area contributed by atoms with Crippen LogP contribution in [0.4, 0.5) is 0 Å². The summed E-state index contributed by atoms with van der Waals surface area (Å²) in [4.78, 5) is 0. The van der Waals surface area contributed by atoms with E-state index in [4.69, 9.17) is 5.11 Å². The van der Waals surface area contributed by atoms with Crippen LogP contribution in [0, 0.1) is 0 Å². The van der Waals surface area contributed by atoms with Gasteiger partial charge in [-0.3, -0.25) is 0 Å². The van der Waals surface area contributed by atoms with Gasteiger partial charge >= 0.3 is 0 Å². The lowest BCUT2D eigenvalue weighted by atomic mass is 9.99. The molecule has 0 saturated heterocycles. The highest BCUT2D eigenvalue weighted by Crippen LogP contribution is 2.24. The molecule has 0 aliphatic rings. The molecule has 0 amide bonds. The first-order valence-electron chi connectivity index (χ1n) is 5.33. The minimum absolute atomic E-state index is 0.0725. The van der Waals surface area contributed by atoms with Crippen LogP contribution < -0.4 is 0 Å². The predicted octanol–water partition coefficient (Wildman–Crippen LogP) is 3.36. The summed E-state index contributed by atoms with van der Waals surface area (Å²) in [5.74, 6) is 0. The van der Waals surface area contributed by atoms with Gasteiger partial charge in [-0.2, -0.15) is 0 Å². The van der Waals surface area contributed by atoms with Gasteiger partial charge in [0.15, 0.2) is 0 Å². The Morgan fingerprint density at radius 2 is 1.56 bits per heavy atom. The molecule has 0 fully saturated rings. The molecule has 1 N–H and O–H groups in total. The van der Waals surface area contributed by atoms with Crippen molar-refractivity contribution in [2.45, 2.75) is 0 Å². The fraction of sp³-hybridized carbons (Fsp3) is 0.0667. The third-order valence-corrected chi connectivity index (χ3v) is 2.45. The van der Waals surface area contributed by atoms with Gasteiger partial charge in [0.2, 0.25) is 0 Å². The third kappa shape index (κ3) is 2.38. The van der Waals surface area contributed by atoms with Gasteiger partial charge in [-0.15, -0.1) is 0 Å². The molecule has 2 aromatic carbocycles. The van der Waals surface area contributed by atoms with Crippen LogP contribution in [0.3, 0.4) is 0 Å². The zero-order valence-electron chi connectivity index (χ0n) is 9.01. The summed E-state index contributed by atoms with van der Waals surface area (Å²) in [5, 5.41) is 8.80. The van der Waals surface area contributed by atoms with Crippen LogP contribution >= 0.6 is 0 Å². The van der Waals surface area contributed by atoms with E-state index in [0.717, 1.165) is 5.56 Å². The highest BCUT2D eigenvalue weighted by atomic mass is 16.2. The maximum Gasteiger partial charge on any atom is 0.0615 e. The van der Waals surface area contributed by atoms with Crippen molar-refractivity contribution >= 4 is 6.08 Å². The average molecular weight is 210 g/mol. The minimum Gasteiger partial charge on any atom is -0.392 e. The molecule has 0 unspecified atom stereocenters. The van der Waals surface area contributed by atoms with E-state index in [0.29, 0.717) is 0 Å². The van der Waals surface area contributed by atoms with Gasteiger partial charge in [-0.05, 0) is 16.7 Å². The zero-order valence-corrected chi connectivity index (χ0v) is 9.01. The van der Waals surface area contributed by atoms with Crippen molar-refractivity contribution in [1.82, 2.24) is 0 Å². The van der Waals surface area contributed by atoms with E-state index in [1.165, 1.54) is 11.1 Å². The summed E-state index contributed by atoms with van der Waals surface area (Å²) in [6, 6.07) is 18.4. The summed E-state index contributed by atoms with van der Waals surface area (Å²) in [7, 11) is 0. The smallest absolute Gasteiger partial charge is 0.0615 e. The Labute approximate surface area is 95.7 Å². The number of hydrogen-bond acceptors (Lipinski definition) is 1. The Hall–Kier alpha value is -1.86. The molecule has 16 heavy (non-hydrogen) atoms. The topological polar surface area (TPSA) is 20.2 Å². The van der Waals surface area contributed by atoms with Gasteiger partial charge in [0.1, 0.15) is 0 Å². The van der Waals surface area contributed by atoms with Crippen LogP contribution in [0.25, 0.3) is 17.2 Å². The molecule has 0 aliphatic carbocycles. The largest absolute Gasteiger partial charge is 0.392 e. The Bertz CT molecular complexity index is 472. The molecule has 0 saturated carbocycles. The molecule has 0 aromatic heterocycles. The SMILES string of the molecule is OCC=Cc1ccccc1-c1ccccc1. The van der Waals surface area contributed by atoms with Crippen molar-refractivity contribution in [2.75, 3.05) is 6.61 Å². The Balaban J connectivity index is 2.45. The summed E-state index contributed by atoms with van der Waals surface area (Å²) in [6.07, 6.45) is 3.70. The summed E-state index contributed by atoms with van der Waals surface area (Å²) >= 11 is 0. The first kappa shape index (κ1) is 10.7. The lowest BCUT2D eigenvalue weighted by Gasteiger charge is -2.05. The molecular weight excluding hydrogens is 196 g/mol. The van der Waals surface area contributed by atoms with Crippen molar-refractivity contribution in [3.05, 3.63) is 66.2 Å². The maximum atomic E-state index is 8.80. The number of aliphatic hydroxyl groups excluding tert-OH is 1. The van der Waals surface area contributed by atoms with E-state index in [1.54, 1.807) is 6.08 Å². The van der Waals surface area contributed by atoms with Crippen molar-refractivity contribution in [1.29, 1.82) is 0 Å². The molecule has 0 aliphatic heterocycles. The predicted molar refractivity (Wildman–Crippen MR) is 68.0 cm³/mol. The molecule has 0 atom stereocenters. The number of rotatable bonds is 3. The molecule has 0 radical (unpaired) electrons. The van der Waals surface area contributed by atoms with Gasteiger partial charge < -0.3 is 5.11 Å². The van der Waals surface area contributed by atoms with Gasteiger partial charge in [0.05, 0.1) is 6.61 Å². The van der Waals surface area contributed by atoms with Crippen molar-refractivity contribution in [3.63, 3.8) is 0 Å². The second kappa shape index (κ2) is 5.29. The fourth-order valence-electron chi connectivity index (χ4n) is 1.70. The maximum absolute atomic E-state index is 8.80. The van der Waals surface area contributed by atoms with E-state index in [2.05, 4.69) is 24.3 Å². The molecule has 0 bridgehead atoms. The molecule has 1 heteroatoms. The van der Waals surface area contributed by atoms with Crippen LogP contribution in [0.1, 0.15) is 5.56 Å². The molecule has 80 valence electrons. The highest BCUT2D eigenvalue weighted by Gasteiger charge is 2.00. The van der Waals surface area contributed by atoms with Crippen LogP contribution in [0.5, 0.6) is 0 Å². The minimum atomic E-state index is 0.0725. The number of hydrogen-bond donors (Lipinski definition) is 1. The van der Waals surface area contributed by atoms with Crippen LogP contribution in [-0.4, -0.2) is 11.7 Å². The normalized spacial score (nSPS) is 10.8. The molecule has 2 rings (SSSR count). The zero-order chi connectivity index (χ0) is 11.2. The summed E-state index contributed by atoms with van der Waals surface area (Å²) in [6.45, 7) is 0.0725. The number of benzene rings is 2. The van der Waals surface area contributed by atoms with E-state index in [9.17, 15) is 0 Å². The van der Waals surface area contributed by atoms with Gasteiger partial charge in [0.25, 0.3) is 0 Å². The molecule has 2 aromatic rings. The Morgan fingerprint density at radius 3 is 2.31 bits per heavy atom. The van der Waals surface area contributed by atoms with E-state index >= 15 is 0 Å². The average Bonchev–Trinajstić information content (AvgIpc) is 2.38. The first-order valence-corrected chi connectivity index (χ1v) is 5.33. The van der Waals surface area contributed by atoms with E-state index in [-0.39, 0.29) is 6.61 Å². The summed E-state index contributed by atoms with van der Waals surface area (Å²) < 4.78 is 0. The van der Waals surface area contributed by atoms with Crippen LogP contribution in [-0.2, 0) is 0 Å².